The zero-order valence-electron chi connectivity index (χ0n) is 45.3. The Bertz CT molecular complexity index is 2850. The molecule has 3 aliphatic rings. The molecule has 420 valence electrons. The third kappa shape index (κ3) is 14.3. The summed E-state index contributed by atoms with van der Waals surface area (Å²) in [4.78, 5) is 29.2. The Hall–Kier alpha value is -8.10. The SMILES string of the molecule is C=CCCOCCOC[C@H]1COC(c2ccc(-c3c(-c4ncco4)c(-c4ccc(C5=N[C@@H](COCCOCCC=C)CO5)cc4)c(-c4ncco4)c(-c4ccc(C5=N[C@@H](COCCOCCC=C)CO5)cc4)c3-c3ncco3)cc2)=N1. The molecule has 81 heavy (non-hydrogen) atoms. The first-order valence-corrected chi connectivity index (χ1v) is 27.3. The second kappa shape index (κ2) is 28.9. The lowest BCUT2D eigenvalue weighted by molar-refractivity contribution is 0.0421. The lowest BCUT2D eigenvalue weighted by atomic mass is 9.78. The summed E-state index contributed by atoms with van der Waals surface area (Å²) < 4.78 is 72.0. The maximum atomic E-state index is 6.35. The van der Waals surface area contributed by atoms with Gasteiger partial charge >= 0.3 is 0 Å². The minimum Gasteiger partial charge on any atom is -0.475 e. The smallest absolute Gasteiger partial charge is 0.227 e. The molecule has 0 unspecified atom stereocenters. The highest BCUT2D eigenvalue weighted by atomic mass is 16.5. The predicted octanol–water partition coefficient (Wildman–Crippen LogP) is 10.9. The highest BCUT2D eigenvalue weighted by Crippen LogP contribution is 2.55. The monoisotopic (exact) mass is 1100 g/mol. The number of nitrogens with zero attached hydrogens (tertiary/aromatic N) is 6. The summed E-state index contributed by atoms with van der Waals surface area (Å²) >= 11 is 0. The highest BCUT2D eigenvalue weighted by Gasteiger charge is 2.35. The Balaban J connectivity index is 1.05. The van der Waals surface area contributed by atoms with Crippen molar-refractivity contribution in [2.45, 2.75) is 37.4 Å². The number of hydrogen-bond acceptors (Lipinski definition) is 18. The van der Waals surface area contributed by atoms with E-state index in [0.29, 0.717) is 168 Å². The van der Waals surface area contributed by atoms with Gasteiger partial charge in [-0.25, -0.2) is 29.9 Å². The molecule has 0 bridgehead atoms. The van der Waals surface area contributed by atoms with E-state index in [9.17, 15) is 0 Å². The number of aromatic nitrogens is 3. The number of aliphatic imine (C=N–C) groups is 3. The summed E-state index contributed by atoms with van der Waals surface area (Å²) in [6.45, 7) is 18.3. The third-order valence-electron chi connectivity index (χ3n) is 13.3. The van der Waals surface area contributed by atoms with Crippen LogP contribution in [0.1, 0.15) is 36.0 Å². The van der Waals surface area contributed by atoms with Gasteiger partial charge in [0.2, 0.25) is 35.4 Å². The summed E-state index contributed by atoms with van der Waals surface area (Å²) in [5.41, 5.74) is 8.80. The van der Waals surface area contributed by atoms with Crippen LogP contribution in [-0.4, -0.2) is 150 Å². The Morgan fingerprint density at radius 2 is 0.630 bits per heavy atom. The van der Waals surface area contributed by atoms with Gasteiger partial charge in [0.1, 0.15) is 56.7 Å². The molecule has 0 N–H and O–H groups in total. The predicted molar refractivity (Wildman–Crippen MR) is 307 cm³/mol. The van der Waals surface area contributed by atoms with Crippen LogP contribution in [0, 0.1) is 0 Å². The minimum absolute atomic E-state index is 0.164. The van der Waals surface area contributed by atoms with Crippen LogP contribution >= 0.6 is 0 Å². The zero-order chi connectivity index (χ0) is 55.4. The van der Waals surface area contributed by atoms with Crippen molar-refractivity contribution in [2.75, 3.05) is 99.1 Å². The lowest BCUT2D eigenvalue weighted by Gasteiger charge is -2.24. The average Bonchev–Trinajstić information content (AvgIpc) is 4.49. The normalized spacial score (nSPS) is 16.6. The largest absolute Gasteiger partial charge is 0.475 e. The standard InChI is InChI=1S/C63H66N6O12/c1-4-7-25-70-31-34-73-37-49-40-79-58(67-49)46-16-10-43(11-17-46)52-55(61-64-22-28-76-61)53(44-12-18-47(19-13-44)59-68-50(41-80-59)38-74-35-32-71-26-8-5-2)57(63-66-24-30-78-63)54(56(52)62-65-23-29-77-62)45-14-20-48(21-15-45)60-69-51(42-81-60)39-75-36-33-72-27-9-6-3/h4-6,10-24,28-30,49-51H,1-3,7-9,25-27,31-42H2/t49-,50-,51-/m0/s1. The van der Waals surface area contributed by atoms with Gasteiger partial charge < -0.3 is 55.9 Å². The number of oxazole rings is 3. The van der Waals surface area contributed by atoms with Gasteiger partial charge in [0.25, 0.3) is 0 Å². The minimum atomic E-state index is -0.164. The highest BCUT2D eigenvalue weighted by molar-refractivity contribution is 6.13. The molecule has 0 fully saturated rings. The van der Waals surface area contributed by atoms with E-state index in [4.69, 9.17) is 85.8 Å². The molecular formula is C63H66N6O12. The van der Waals surface area contributed by atoms with E-state index < -0.39 is 0 Å². The molecule has 0 aliphatic carbocycles. The van der Waals surface area contributed by atoms with E-state index in [-0.39, 0.29) is 18.1 Å². The second-order valence-corrected chi connectivity index (χ2v) is 19.0. The molecule has 0 radical (unpaired) electrons. The molecule has 3 aliphatic heterocycles. The summed E-state index contributed by atoms with van der Waals surface area (Å²) in [7, 11) is 0. The van der Waals surface area contributed by atoms with Crippen LogP contribution in [0.4, 0.5) is 0 Å². The second-order valence-electron chi connectivity index (χ2n) is 19.0. The van der Waals surface area contributed by atoms with Crippen molar-refractivity contribution in [3.05, 3.63) is 165 Å². The molecule has 18 heteroatoms. The molecule has 0 saturated heterocycles. The first kappa shape index (κ1) is 56.2. The van der Waals surface area contributed by atoms with E-state index in [1.807, 2.05) is 91.0 Å². The van der Waals surface area contributed by atoms with Crippen LogP contribution in [-0.2, 0) is 42.6 Å². The van der Waals surface area contributed by atoms with Crippen LogP contribution in [0.5, 0.6) is 0 Å². The van der Waals surface area contributed by atoms with E-state index in [0.717, 1.165) is 52.6 Å². The number of rotatable bonds is 33. The van der Waals surface area contributed by atoms with Crippen molar-refractivity contribution in [1.29, 1.82) is 0 Å². The molecule has 3 atom stereocenters. The topological polar surface area (TPSA) is 198 Å². The first-order chi connectivity index (χ1) is 40.1. The first-order valence-electron chi connectivity index (χ1n) is 27.3. The van der Waals surface area contributed by atoms with Crippen LogP contribution in [0.3, 0.4) is 0 Å². The van der Waals surface area contributed by atoms with Gasteiger partial charge in [0, 0.05) is 33.4 Å². The fraction of sp³-hybridized carbons (Fsp3) is 0.333. The molecule has 6 heterocycles. The van der Waals surface area contributed by atoms with Crippen molar-refractivity contribution < 1.29 is 55.9 Å². The molecule has 10 rings (SSSR count). The van der Waals surface area contributed by atoms with Gasteiger partial charge in [-0.1, -0.05) is 54.6 Å². The Labute approximate surface area is 470 Å². The third-order valence-corrected chi connectivity index (χ3v) is 13.3. The van der Waals surface area contributed by atoms with Crippen LogP contribution in [0.15, 0.2) is 176 Å². The maximum absolute atomic E-state index is 6.35. The number of benzene rings is 4. The Morgan fingerprint density at radius 3 is 0.889 bits per heavy atom. The van der Waals surface area contributed by atoms with Crippen LogP contribution in [0.2, 0.25) is 0 Å². The Morgan fingerprint density at radius 1 is 0.358 bits per heavy atom. The summed E-state index contributed by atoms with van der Waals surface area (Å²) in [6.07, 6.45) is 17.4. The molecule has 0 amide bonds. The molecule has 7 aromatic rings. The summed E-state index contributed by atoms with van der Waals surface area (Å²) in [5, 5.41) is 0. The quantitative estimate of drug-likeness (QED) is 0.0278. The summed E-state index contributed by atoms with van der Waals surface area (Å²) in [6, 6.07) is 23.6. The van der Waals surface area contributed by atoms with Gasteiger partial charge in [-0.2, -0.15) is 0 Å². The van der Waals surface area contributed by atoms with Gasteiger partial charge in [-0.15, -0.1) is 19.7 Å². The van der Waals surface area contributed by atoms with Gasteiger partial charge in [0.05, 0.1) is 115 Å². The van der Waals surface area contributed by atoms with Crippen LogP contribution < -0.4 is 0 Å². The van der Waals surface area contributed by atoms with Gasteiger partial charge in [-0.3, -0.25) is 0 Å². The Kier molecular flexibility index (Phi) is 20.0. The average molecular weight is 1100 g/mol. The van der Waals surface area contributed by atoms with Crippen molar-refractivity contribution >= 4 is 17.7 Å². The van der Waals surface area contributed by atoms with Crippen molar-refractivity contribution in [3.8, 4) is 67.7 Å². The lowest BCUT2D eigenvalue weighted by Crippen LogP contribution is -2.17. The van der Waals surface area contributed by atoms with E-state index in [2.05, 4.69) is 19.7 Å². The van der Waals surface area contributed by atoms with Crippen molar-refractivity contribution in [1.82, 2.24) is 15.0 Å². The number of ether oxygens (including phenoxy) is 9. The molecule has 18 nitrogen and oxygen atoms in total. The fourth-order valence-corrected chi connectivity index (χ4v) is 9.43. The summed E-state index contributed by atoms with van der Waals surface area (Å²) in [5.74, 6) is 2.58. The molecular weight excluding hydrogens is 1030 g/mol. The van der Waals surface area contributed by atoms with Crippen molar-refractivity contribution in [2.24, 2.45) is 15.0 Å². The van der Waals surface area contributed by atoms with Crippen LogP contribution in [0.25, 0.3) is 67.7 Å². The molecule has 4 aromatic carbocycles. The number of hydrogen-bond donors (Lipinski definition) is 0. The van der Waals surface area contributed by atoms with E-state index in [1.165, 1.54) is 0 Å². The molecule has 3 aromatic heterocycles. The molecule has 0 spiro atoms. The van der Waals surface area contributed by atoms with E-state index >= 15 is 0 Å². The van der Waals surface area contributed by atoms with Gasteiger partial charge in [-0.05, 0) is 72.4 Å². The van der Waals surface area contributed by atoms with Gasteiger partial charge in [0.15, 0.2) is 0 Å². The maximum Gasteiger partial charge on any atom is 0.227 e. The van der Waals surface area contributed by atoms with E-state index in [1.54, 1.807) is 37.4 Å². The zero-order valence-corrected chi connectivity index (χ0v) is 45.3. The fourth-order valence-electron chi connectivity index (χ4n) is 9.43. The molecule has 0 saturated carbocycles. The van der Waals surface area contributed by atoms with Crippen molar-refractivity contribution in [3.63, 3.8) is 0 Å².